The second kappa shape index (κ2) is 12.0. The third-order valence-electron chi connectivity index (χ3n) is 6.07. The van der Waals surface area contributed by atoms with E-state index < -0.39 is 64.8 Å². The summed E-state index contributed by atoms with van der Waals surface area (Å²) in [5.74, 6) is -2.04. The topological polar surface area (TPSA) is 96.4 Å². The molecule has 2 amide bonds. The zero-order chi connectivity index (χ0) is 31.7. The van der Waals surface area contributed by atoms with E-state index in [1.165, 1.54) is 63.9 Å². The summed E-state index contributed by atoms with van der Waals surface area (Å²) in [5, 5.41) is 10.4. The number of aliphatic hydroxyl groups is 1. The van der Waals surface area contributed by atoms with E-state index in [1.807, 2.05) is 0 Å². The van der Waals surface area contributed by atoms with E-state index in [1.54, 1.807) is 0 Å². The van der Waals surface area contributed by atoms with Gasteiger partial charge in [0.15, 0.2) is 0 Å². The second-order valence-electron chi connectivity index (χ2n) is 10.2. The number of hydrogen-bond acceptors (Lipinski definition) is 7. The fourth-order valence-corrected chi connectivity index (χ4v) is 5.11. The maximum absolute atomic E-state index is 14.1. The van der Waals surface area contributed by atoms with Gasteiger partial charge >= 0.3 is 30.1 Å². The quantitative estimate of drug-likeness (QED) is 0.176. The molecule has 1 aliphatic rings. The number of alkyl halides is 6. The van der Waals surface area contributed by atoms with Crippen molar-refractivity contribution in [2.24, 2.45) is 0 Å². The maximum atomic E-state index is 14.1. The highest BCUT2D eigenvalue weighted by molar-refractivity contribution is 7.99. The van der Waals surface area contributed by atoms with Gasteiger partial charge < -0.3 is 14.6 Å². The number of benzene rings is 2. The van der Waals surface area contributed by atoms with Crippen LogP contribution in [-0.2, 0) is 25.6 Å². The minimum absolute atomic E-state index is 0.0584. The first-order chi connectivity index (χ1) is 19.3. The predicted octanol–water partition coefficient (Wildman–Crippen LogP) is 5.98. The number of amides is 2. The van der Waals surface area contributed by atoms with Crippen LogP contribution in [-0.4, -0.2) is 64.5 Å². The summed E-state index contributed by atoms with van der Waals surface area (Å²) in [6.45, 7) is 4.07. The van der Waals surface area contributed by atoms with Crippen molar-refractivity contribution >= 4 is 35.4 Å². The van der Waals surface area contributed by atoms with Gasteiger partial charge in [0.2, 0.25) is 0 Å². The monoisotopic (exact) mass is 622 g/mol. The Labute approximate surface area is 241 Å². The van der Waals surface area contributed by atoms with Gasteiger partial charge in [0, 0.05) is 16.3 Å². The molecule has 1 heterocycles. The number of ether oxygens (including phenoxy) is 2. The van der Waals surface area contributed by atoms with Crippen LogP contribution in [0.1, 0.15) is 44.4 Å². The Morgan fingerprint density at radius 3 is 2.12 bits per heavy atom. The molecule has 0 aliphatic carbocycles. The molecule has 0 bridgehead atoms. The van der Waals surface area contributed by atoms with Crippen LogP contribution < -0.4 is 4.90 Å². The van der Waals surface area contributed by atoms with Gasteiger partial charge in [-0.2, -0.15) is 26.3 Å². The van der Waals surface area contributed by atoms with E-state index >= 15 is 0 Å². The van der Waals surface area contributed by atoms with Gasteiger partial charge in [-0.05, 0) is 56.2 Å². The Balaban J connectivity index is 2.17. The van der Waals surface area contributed by atoms with Crippen molar-refractivity contribution in [3.05, 3.63) is 59.7 Å². The highest BCUT2D eigenvalue weighted by atomic mass is 32.2. The highest BCUT2D eigenvalue weighted by Gasteiger charge is 2.76. The molecular weight excluding hydrogens is 594 g/mol. The number of nitrogens with zero attached hydrogens (tertiary/aromatic N) is 2. The summed E-state index contributed by atoms with van der Waals surface area (Å²) in [6.07, 6.45) is -13.9. The smallest absolute Gasteiger partial charge is 0.446 e. The van der Waals surface area contributed by atoms with E-state index in [2.05, 4.69) is 4.74 Å². The molecule has 1 atom stereocenters. The third-order valence-corrected chi connectivity index (χ3v) is 7.07. The standard InChI is InChI=1S/C27H28F6N2O6S/c1-24(2,3)41-23(38)34-15-16-14-18(42-13-12-20(36)40-4)10-11-19(16)21(34)22(37)35(17-8-6-5-7-9-17)25(39,26(28,29)30)27(31,32)33/h5-11,14,21,39H,12-13,15H2,1-4H3. The molecule has 230 valence electrons. The fraction of sp³-hybridized carbons (Fsp3) is 0.444. The van der Waals surface area contributed by atoms with Crippen molar-refractivity contribution in [2.75, 3.05) is 17.8 Å². The van der Waals surface area contributed by atoms with Gasteiger partial charge in [0.05, 0.1) is 20.1 Å². The molecule has 8 nitrogen and oxygen atoms in total. The summed E-state index contributed by atoms with van der Waals surface area (Å²) in [5.41, 5.74) is -7.50. The number of carbonyl (C=O) groups excluding carboxylic acids is 3. The number of methoxy groups -OCH3 is 1. The molecule has 0 aromatic heterocycles. The Morgan fingerprint density at radius 1 is 1.00 bits per heavy atom. The fourth-order valence-electron chi connectivity index (χ4n) is 4.22. The SMILES string of the molecule is COC(=O)CCSc1ccc2c(c1)CN(C(=O)OC(C)(C)C)C2C(=O)N(c1ccccc1)C(O)(C(F)(F)F)C(F)(F)F. The molecule has 42 heavy (non-hydrogen) atoms. The van der Waals surface area contributed by atoms with Gasteiger partial charge in [0.25, 0.3) is 5.91 Å². The summed E-state index contributed by atoms with van der Waals surface area (Å²) in [7, 11) is 1.22. The van der Waals surface area contributed by atoms with Gasteiger partial charge in [-0.3, -0.25) is 19.4 Å². The second-order valence-corrected chi connectivity index (χ2v) is 11.4. The largest absolute Gasteiger partial charge is 0.469 e. The van der Waals surface area contributed by atoms with E-state index in [-0.39, 0.29) is 23.3 Å². The van der Waals surface area contributed by atoms with Crippen LogP contribution in [0, 0.1) is 0 Å². The van der Waals surface area contributed by atoms with Crippen molar-refractivity contribution in [1.82, 2.24) is 4.90 Å². The van der Waals surface area contributed by atoms with Crippen LogP contribution in [0.15, 0.2) is 53.4 Å². The maximum Gasteiger partial charge on any atom is 0.446 e. The van der Waals surface area contributed by atoms with Gasteiger partial charge in [-0.25, -0.2) is 4.79 Å². The molecule has 0 saturated carbocycles. The van der Waals surface area contributed by atoms with Crippen LogP contribution in [0.4, 0.5) is 36.8 Å². The first-order valence-corrected chi connectivity index (χ1v) is 13.4. The molecule has 1 unspecified atom stereocenters. The Hall–Kier alpha value is -3.46. The average Bonchev–Trinajstić information content (AvgIpc) is 3.26. The van der Waals surface area contributed by atoms with Crippen LogP contribution >= 0.6 is 11.8 Å². The number of esters is 1. The first-order valence-electron chi connectivity index (χ1n) is 12.4. The van der Waals surface area contributed by atoms with Crippen LogP contribution in [0.5, 0.6) is 0 Å². The number of rotatable bonds is 7. The lowest BCUT2D eigenvalue weighted by atomic mass is 10.0. The minimum atomic E-state index is -6.39. The lowest BCUT2D eigenvalue weighted by Gasteiger charge is -2.43. The van der Waals surface area contributed by atoms with Gasteiger partial charge in [-0.15, -0.1) is 11.8 Å². The minimum Gasteiger partial charge on any atom is -0.469 e. The molecule has 0 spiro atoms. The molecule has 3 rings (SSSR count). The number of carbonyl (C=O) groups is 3. The van der Waals surface area contributed by atoms with Crippen molar-refractivity contribution in [2.45, 2.75) is 68.4 Å². The van der Waals surface area contributed by atoms with Crippen molar-refractivity contribution in [3.63, 3.8) is 0 Å². The molecule has 2 aromatic rings. The molecular formula is C27H28F6N2O6S. The lowest BCUT2D eigenvalue weighted by molar-refractivity contribution is -0.365. The molecule has 15 heteroatoms. The highest BCUT2D eigenvalue weighted by Crippen LogP contribution is 2.49. The van der Waals surface area contributed by atoms with E-state index in [9.17, 15) is 45.8 Å². The Morgan fingerprint density at radius 2 is 1.60 bits per heavy atom. The van der Waals surface area contributed by atoms with Crippen LogP contribution in [0.2, 0.25) is 0 Å². The number of hydrogen-bond donors (Lipinski definition) is 1. The number of thioether (sulfide) groups is 1. The van der Waals surface area contributed by atoms with Crippen LogP contribution in [0.3, 0.4) is 0 Å². The third kappa shape index (κ3) is 6.77. The molecule has 0 radical (unpaired) electrons. The zero-order valence-electron chi connectivity index (χ0n) is 22.9. The first kappa shape index (κ1) is 33.0. The zero-order valence-corrected chi connectivity index (χ0v) is 23.7. The van der Waals surface area contributed by atoms with Crippen LogP contribution in [0.25, 0.3) is 0 Å². The van der Waals surface area contributed by atoms with E-state index in [0.29, 0.717) is 9.80 Å². The number of fused-ring (bicyclic) bond motifs is 1. The molecule has 1 N–H and O–H groups in total. The Kier molecular flexibility index (Phi) is 9.47. The summed E-state index contributed by atoms with van der Waals surface area (Å²) in [6, 6.07) is 7.31. The molecule has 2 aromatic carbocycles. The van der Waals surface area contributed by atoms with Crippen molar-refractivity contribution in [1.29, 1.82) is 0 Å². The summed E-state index contributed by atoms with van der Waals surface area (Å²) >= 11 is 1.21. The lowest BCUT2D eigenvalue weighted by Crippen LogP contribution is -2.70. The number of para-hydroxylation sites is 1. The number of anilines is 1. The normalized spacial score (nSPS) is 15.7. The van der Waals surface area contributed by atoms with Crippen molar-refractivity contribution < 1.29 is 55.3 Å². The predicted molar refractivity (Wildman–Crippen MR) is 139 cm³/mol. The van der Waals surface area contributed by atoms with Gasteiger partial charge in [0.1, 0.15) is 11.6 Å². The van der Waals surface area contributed by atoms with E-state index in [4.69, 9.17) is 4.74 Å². The number of halogens is 6. The average molecular weight is 623 g/mol. The molecule has 1 aliphatic heterocycles. The molecule has 0 saturated heterocycles. The van der Waals surface area contributed by atoms with Crippen molar-refractivity contribution in [3.8, 4) is 0 Å². The molecule has 0 fully saturated rings. The summed E-state index contributed by atoms with van der Waals surface area (Å²) < 4.78 is 94.5. The van der Waals surface area contributed by atoms with Gasteiger partial charge in [-0.1, -0.05) is 24.3 Å². The van der Waals surface area contributed by atoms with E-state index in [0.717, 1.165) is 24.3 Å². The Bertz CT molecular complexity index is 1300. The summed E-state index contributed by atoms with van der Waals surface area (Å²) in [4.78, 5) is 39.1.